The van der Waals surface area contributed by atoms with Crippen molar-refractivity contribution in [3.8, 4) is 11.5 Å². The Morgan fingerprint density at radius 2 is 1.73 bits per heavy atom. The number of sulfone groups is 1. The van der Waals surface area contributed by atoms with Gasteiger partial charge < -0.3 is 14.4 Å². The summed E-state index contributed by atoms with van der Waals surface area (Å²) < 4.78 is 33.5. The maximum absolute atomic E-state index is 12.1. The number of likely N-dealkylation sites (tertiary alicyclic amines) is 1. The van der Waals surface area contributed by atoms with Crippen molar-refractivity contribution >= 4 is 15.7 Å². The zero-order valence-electron chi connectivity index (χ0n) is 12.8. The standard InChI is InChI=1S/C15H21NO5S/c1-20-12-3-5-13(6-4-12)21-11-15(17)16-9-7-14(8-10-16)22(2,18)19/h3-6,14H,7-11H2,1-2H3. The number of hydrogen-bond acceptors (Lipinski definition) is 5. The SMILES string of the molecule is COc1ccc(OCC(=O)N2CCC(S(C)(=O)=O)CC2)cc1. The van der Waals surface area contributed by atoms with Gasteiger partial charge in [-0.25, -0.2) is 8.42 Å². The van der Waals surface area contributed by atoms with Crippen molar-refractivity contribution in [1.82, 2.24) is 4.90 Å². The van der Waals surface area contributed by atoms with Gasteiger partial charge in [-0.3, -0.25) is 4.79 Å². The van der Waals surface area contributed by atoms with Crippen LogP contribution < -0.4 is 9.47 Å². The van der Waals surface area contributed by atoms with Crippen molar-refractivity contribution < 1.29 is 22.7 Å². The Labute approximate surface area is 130 Å². The fourth-order valence-corrected chi connectivity index (χ4v) is 3.51. The maximum Gasteiger partial charge on any atom is 0.260 e. The van der Waals surface area contributed by atoms with Gasteiger partial charge >= 0.3 is 0 Å². The average molecular weight is 327 g/mol. The molecule has 6 nitrogen and oxygen atoms in total. The largest absolute Gasteiger partial charge is 0.497 e. The van der Waals surface area contributed by atoms with E-state index in [1.807, 2.05) is 0 Å². The van der Waals surface area contributed by atoms with Gasteiger partial charge in [0.05, 0.1) is 12.4 Å². The van der Waals surface area contributed by atoms with Crippen LogP contribution >= 0.6 is 0 Å². The number of carbonyl (C=O) groups excluding carboxylic acids is 1. The van der Waals surface area contributed by atoms with Gasteiger partial charge in [0.25, 0.3) is 5.91 Å². The molecule has 2 rings (SSSR count). The topological polar surface area (TPSA) is 72.9 Å². The zero-order chi connectivity index (χ0) is 16.2. The molecule has 0 bridgehead atoms. The normalized spacial score (nSPS) is 16.4. The van der Waals surface area contributed by atoms with E-state index in [9.17, 15) is 13.2 Å². The molecule has 1 aromatic carbocycles. The van der Waals surface area contributed by atoms with Crippen molar-refractivity contribution in [2.45, 2.75) is 18.1 Å². The van der Waals surface area contributed by atoms with Crippen molar-refractivity contribution in [3.05, 3.63) is 24.3 Å². The first-order valence-electron chi connectivity index (χ1n) is 7.13. The predicted octanol–water partition coefficient (Wildman–Crippen LogP) is 1.11. The molecule has 1 heterocycles. The van der Waals surface area contributed by atoms with Crippen LogP contribution in [0.5, 0.6) is 11.5 Å². The second kappa shape index (κ2) is 7.00. The average Bonchev–Trinajstić information content (AvgIpc) is 2.52. The highest BCUT2D eigenvalue weighted by Gasteiger charge is 2.28. The molecule has 1 saturated heterocycles. The minimum absolute atomic E-state index is 0.0458. The highest BCUT2D eigenvalue weighted by Crippen LogP contribution is 2.19. The van der Waals surface area contributed by atoms with Crippen LogP contribution in [0.3, 0.4) is 0 Å². The minimum Gasteiger partial charge on any atom is -0.497 e. The van der Waals surface area contributed by atoms with Crippen molar-refractivity contribution in [3.63, 3.8) is 0 Å². The number of ether oxygens (including phenoxy) is 2. The van der Waals surface area contributed by atoms with E-state index in [4.69, 9.17) is 9.47 Å². The van der Waals surface area contributed by atoms with Crippen LogP contribution in [-0.4, -0.2) is 57.5 Å². The number of carbonyl (C=O) groups is 1. The van der Waals surface area contributed by atoms with Crippen molar-refractivity contribution in [2.24, 2.45) is 0 Å². The Hall–Kier alpha value is -1.76. The maximum atomic E-state index is 12.1. The van der Waals surface area contributed by atoms with E-state index >= 15 is 0 Å². The molecule has 1 aliphatic heterocycles. The van der Waals surface area contributed by atoms with Gasteiger partial charge in [0.15, 0.2) is 6.61 Å². The van der Waals surface area contributed by atoms with E-state index in [-0.39, 0.29) is 17.8 Å². The smallest absolute Gasteiger partial charge is 0.260 e. The Bertz CT molecular complexity index is 603. The lowest BCUT2D eigenvalue weighted by atomic mass is 10.1. The number of rotatable bonds is 5. The Balaban J connectivity index is 1.80. The molecule has 122 valence electrons. The summed E-state index contributed by atoms with van der Waals surface area (Å²) in [4.78, 5) is 13.7. The summed E-state index contributed by atoms with van der Waals surface area (Å²) in [5.74, 6) is 1.20. The first-order chi connectivity index (χ1) is 10.4. The van der Waals surface area contributed by atoms with Gasteiger partial charge in [0.1, 0.15) is 21.3 Å². The first-order valence-corrected chi connectivity index (χ1v) is 9.09. The lowest BCUT2D eigenvalue weighted by molar-refractivity contribution is -0.134. The molecule has 0 unspecified atom stereocenters. The van der Waals surface area contributed by atoms with E-state index in [0.717, 1.165) is 5.75 Å². The van der Waals surface area contributed by atoms with Gasteiger partial charge in [-0.2, -0.15) is 0 Å². The van der Waals surface area contributed by atoms with Crippen molar-refractivity contribution in [2.75, 3.05) is 33.1 Å². The second-order valence-electron chi connectivity index (χ2n) is 5.37. The number of benzene rings is 1. The van der Waals surface area contributed by atoms with Gasteiger partial charge in [-0.1, -0.05) is 0 Å². The Morgan fingerprint density at radius 1 is 1.18 bits per heavy atom. The van der Waals surface area contributed by atoms with Crippen LogP contribution in [0.4, 0.5) is 0 Å². The zero-order valence-corrected chi connectivity index (χ0v) is 13.6. The Morgan fingerprint density at radius 3 is 2.23 bits per heavy atom. The number of nitrogens with zero attached hydrogens (tertiary/aromatic N) is 1. The molecule has 0 spiro atoms. The fourth-order valence-electron chi connectivity index (χ4n) is 2.44. The van der Waals surface area contributed by atoms with Crippen LogP contribution in [0.2, 0.25) is 0 Å². The molecule has 1 amide bonds. The molecule has 0 saturated carbocycles. The monoisotopic (exact) mass is 327 g/mol. The predicted molar refractivity (Wildman–Crippen MR) is 82.9 cm³/mol. The highest BCUT2D eigenvalue weighted by atomic mass is 32.2. The van der Waals surface area contributed by atoms with Gasteiger partial charge in [-0.05, 0) is 37.1 Å². The first kappa shape index (κ1) is 16.6. The van der Waals surface area contributed by atoms with E-state index < -0.39 is 9.84 Å². The number of piperidine rings is 1. The van der Waals surface area contributed by atoms with E-state index in [0.29, 0.717) is 31.7 Å². The quantitative estimate of drug-likeness (QED) is 0.810. The summed E-state index contributed by atoms with van der Waals surface area (Å²) in [6.07, 6.45) is 2.24. The van der Waals surface area contributed by atoms with E-state index in [1.165, 1.54) is 6.26 Å². The molecule has 1 aromatic rings. The van der Waals surface area contributed by atoms with Crippen LogP contribution in [0.25, 0.3) is 0 Å². The number of methoxy groups -OCH3 is 1. The van der Waals surface area contributed by atoms with Crippen molar-refractivity contribution in [1.29, 1.82) is 0 Å². The van der Waals surface area contributed by atoms with Gasteiger partial charge in [-0.15, -0.1) is 0 Å². The molecule has 0 N–H and O–H groups in total. The second-order valence-corrected chi connectivity index (χ2v) is 7.70. The van der Waals surface area contributed by atoms with Gasteiger partial charge in [0, 0.05) is 19.3 Å². The van der Waals surface area contributed by atoms with Crippen LogP contribution in [0, 0.1) is 0 Å². The third kappa shape index (κ3) is 4.37. The molecular weight excluding hydrogens is 306 g/mol. The molecular formula is C15H21NO5S. The fraction of sp³-hybridized carbons (Fsp3) is 0.533. The molecule has 0 atom stereocenters. The highest BCUT2D eigenvalue weighted by molar-refractivity contribution is 7.91. The lowest BCUT2D eigenvalue weighted by Crippen LogP contribution is -2.44. The summed E-state index contributed by atoms with van der Waals surface area (Å²) in [6.45, 7) is 0.876. The van der Waals surface area contributed by atoms with Crippen LogP contribution in [-0.2, 0) is 14.6 Å². The van der Waals surface area contributed by atoms with E-state index in [2.05, 4.69) is 0 Å². The third-order valence-corrected chi connectivity index (χ3v) is 5.50. The number of hydrogen-bond donors (Lipinski definition) is 0. The lowest BCUT2D eigenvalue weighted by Gasteiger charge is -2.31. The molecule has 7 heteroatoms. The van der Waals surface area contributed by atoms with Crippen LogP contribution in [0.1, 0.15) is 12.8 Å². The third-order valence-electron chi connectivity index (χ3n) is 3.82. The minimum atomic E-state index is -3.02. The van der Waals surface area contributed by atoms with E-state index in [1.54, 1.807) is 36.3 Å². The summed E-state index contributed by atoms with van der Waals surface area (Å²) in [5.41, 5.74) is 0. The number of amides is 1. The summed E-state index contributed by atoms with van der Waals surface area (Å²) >= 11 is 0. The molecule has 0 aliphatic carbocycles. The summed E-state index contributed by atoms with van der Waals surface area (Å²) in [6, 6.07) is 7.00. The molecule has 0 aromatic heterocycles. The summed E-state index contributed by atoms with van der Waals surface area (Å²) in [5, 5.41) is -0.334. The Kier molecular flexibility index (Phi) is 5.28. The van der Waals surface area contributed by atoms with Crippen LogP contribution in [0.15, 0.2) is 24.3 Å². The molecule has 22 heavy (non-hydrogen) atoms. The molecule has 1 aliphatic rings. The van der Waals surface area contributed by atoms with Gasteiger partial charge in [0.2, 0.25) is 0 Å². The summed E-state index contributed by atoms with van der Waals surface area (Å²) in [7, 11) is -1.44. The molecule has 1 fully saturated rings. The molecule has 0 radical (unpaired) electrons.